The Morgan fingerprint density at radius 3 is 2.71 bits per heavy atom. The van der Waals surface area contributed by atoms with Gasteiger partial charge in [-0.05, 0) is 25.0 Å². The Morgan fingerprint density at radius 1 is 1.50 bits per heavy atom. The van der Waals surface area contributed by atoms with Gasteiger partial charge in [0.2, 0.25) is 5.91 Å². The number of carboxylic acid groups (broad SMARTS) is 1. The van der Waals surface area contributed by atoms with Crippen LogP contribution in [0.3, 0.4) is 0 Å². The SMILES string of the molecule is CNC(=O)c1csc(C2=C(C(=O)[O-])N3C(=O)[C@H]([C@@H](C)O)[C@H]3C2)c1.[Na+]. The Bertz CT molecular complexity index is 742. The predicted octanol–water partition coefficient (Wildman–Crippen LogP) is -3.82. The second-order valence-electron chi connectivity index (χ2n) is 5.64. The van der Waals surface area contributed by atoms with Crippen LogP contribution < -0.4 is 40.0 Å². The average molecular weight is 358 g/mol. The Labute approximate surface area is 164 Å². The summed E-state index contributed by atoms with van der Waals surface area (Å²) in [5.74, 6) is -2.68. The minimum Gasteiger partial charge on any atom is -0.543 e. The molecule has 0 radical (unpaired) electrons. The number of carbonyl (C=O) groups is 3. The van der Waals surface area contributed by atoms with Gasteiger partial charge in [0.05, 0.1) is 35.3 Å². The molecule has 0 saturated carbocycles. The number of nitrogens with one attached hydrogen (secondary N) is 1. The van der Waals surface area contributed by atoms with Crippen molar-refractivity contribution in [1.29, 1.82) is 0 Å². The van der Waals surface area contributed by atoms with Crippen LogP contribution in [0.5, 0.6) is 0 Å². The van der Waals surface area contributed by atoms with Gasteiger partial charge in [-0.3, -0.25) is 9.59 Å². The van der Waals surface area contributed by atoms with Crippen LogP contribution in [0, 0.1) is 5.92 Å². The van der Waals surface area contributed by atoms with Crippen LogP contribution >= 0.6 is 11.3 Å². The van der Waals surface area contributed by atoms with Crippen molar-refractivity contribution in [2.24, 2.45) is 5.92 Å². The summed E-state index contributed by atoms with van der Waals surface area (Å²) in [5.41, 5.74) is 0.763. The van der Waals surface area contributed by atoms with E-state index in [-0.39, 0.29) is 47.2 Å². The summed E-state index contributed by atoms with van der Waals surface area (Å²) in [5, 5.41) is 25.3. The van der Waals surface area contributed by atoms with E-state index in [9.17, 15) is 24.6 Å². The zero-order chi connectivity index (χ0) is 16.9. The molecular formula is C15H15N2NaO5S. The molecule has 3 atom stereocenters. The minimum absolute atomic E-state index is 0. The van der Waals surface area contributed by atoms with Gasteiger partial charge in [0, 0.05) is 17.3 Å². The van der Waals surface area contributed by atoms with E-state index in [0.29, 0.717) is 22.4 Å². The van der Waals surface area contributed by atoms with Crippen molar-refractivity contribution in [2.45, 2.75) is 25.5 Å². The van der Waals surface area contributed by atoms with Gasteiger partial charge in [-0.15, -0.1) is 11.3 Å². The molecule has 1 fully saturated rings. The number of aliphatic hydroxyl groups is 1. The van der Waals surface area contributed by atoms with Crippen molar-refractivity contribution in [2.75, 3.05) is 7.05 Å². The molecule has 0 spiro atoms. The summed E-state index contributed by atoms with van der Waals surface area (Å²) >= 11 is 1.24. The number of nitrogens with zero attached hydrogens (tertiary/aromatic N) is 1. The van der Waals surface area contributed by atoms with Gasteiger partial charge >= 0.3 is 29.6 Å². The number of aliphatic hydroxyl groups excluding tert-OH is 1. The molecular weight excluding hydrogens is 343 g/mol. The maximum absolute atomic E-state index is 12.1. The van der Waals surface area contributed by atoms with E-state index in [1.54, 1.807) is 11.4 Å². The molecule has 9 heteroatoms. The molecule has 2 N–H and O–H groups in total. The number of fused-ring (bicyclic) bond motifs is 1. The number of hydrogen-bond donors (Lipinski definition) is 2. The molecule has 3 rings (SSSR count). The van der Waals surface area contributed by atoms with Crippen LogP contribution in [0.1, 0.15) is 28.6 Å². The van der Waals surface area contributed by atoms with Gasteiger partial charge in [0.1, 0.15) is 0 Å². The molecule has 3 heterocycles. The third kappa shape index (κ3) is 2.82. The second-order valence-corrected chi connectivity index (χ2v) is 6.55. The molecule has 2 aliphatic rings. The smallest absolute Gasteiger partial charge is 0.543 e. The van der Waals surface area contributed by atoms with Gasteiger partial charge in [0.15, 0.2) is 0 Å². The Hall–Kier alpha value is -1.19. The average Bonchev–Trinajstić information content (AvgIpc) is 3.08. The predicted molar refractivity (Wildman–Crippen MR) is 80.1 cm³/mol. The van der Waals surface area contributed by atoms with E-state index in [4.69, 9.17) is 0 Å². The summed E-state index contributed by atoms with van der Waals surface area (Å²) in [7, 11) is 1.51. The molecule has 24 heavy (non-hydrogen) atoms. The van der Waals surface area contributed by atoms with Gasteiger partial charge in [-0.25, -0.2) is 0 Å². The molecule has 1 aromatic rings. The number of β-lactam (4-membered cyclic amide) rings is 1. The third-order valence-electron chi connectivity index (χ3n) is 4.31. The minimum atomic E-state index is -1.42. The van der Waals surface area contributed by atoms with E-state index in [1.165, 1.54) is 30.2 Å². The zero-order valence-corrected chi connectivity index (χ0v) is 16.3. The number of aliphatic carboxylic acids is 1. The summed E-state index contributed by atoms with van der Waals surface area (Å²) in [6, 6.07) is 1.24. The number of carbonyl (C=O) groups excluding carboxylic acids is 3. The first-order valence-corrected chi connectivity index (χ1v) is 8.01. The van der Waals surface area contributed by atoms with Crippen molar-refractivity contribution in [3.05, 3.63) is 27.6 Å². The first kappa shape index (κ1) is 19.1. The summed E-state index contributed by atoms with van der Waals surface area (Å²) in [6.07, 6.45) is -0.505. The van der Waals surface area contributed by atoms with Crippen molar-refractivity contribution in [3.8, 4) is 0 Å². The Kier molecular flexibility index (Phi) is 5.56. The standard InChI is InChI=1S/C15H16N2O5S.Na/c1-6(18)11-9-4-8(12(15(21)22)17(9)14(11)20)10-3-7(5-23-10)13(19)16-2;/h3,5-6,9,11,18H,4H2,1-2H3,(H,16,19)(H,21,22);/q;+1/p-1/t6-,9-,11-;/m1./s1. The molecule has 0 unspecified atom stereocenters. The molecule has 0 bridgehead atoms. The largest absolute Gasteiger partial charge is 1.00 e. The van der Waals surface area contributed by atoms with Crippen LogP contribution in [0.2, 0.25) is 0 Å². The van der Waals surface area contributed by atoms with E-state index in [1.807, 2.05) is 0 Å². The van der Waals surface area contributed by atoms with E-state index < -0.39 is 23.9 Å². The zero-order valence-electron chi connectivity index (χ0n) is 13.5. The van der Waals surface area contributed by atoms with Crippen molar-refractivity contribution >= 4 is 34.7 Å². The maximum atomic E-state index is 12.1. The molecule has 1 saturated heterocycles. The summed E-state index contributed by atoms with van der Waals surface area (Å²) < 4.78 is 0. The van der Waals surface area contributed by atoms with Crippen LogP contribution in [0.4, 0.5) is 0 Å². The van der Waals surface area contributed by atoms with Crippen molar-refractivity contribution in [1.82, 2.24) is 10.2 Å². The van der Waals surface area contributed by atoms with E-state index >= 15 is 0 Å². The summed E-state index contributed by atoms with van der Waals surface area (Å²) in [6.45, 7) is 1.52. The normalized spacial score (nSPS) is 23.3. The number of amides is 2. The molecule has 122 valence electrons. The number of thiophene rings is 1. The fourth-order valence-corrected chi connectivity index (χ4v) is 4.18. The molecule has 0 aromatic carbocycles. The number of carboxylic acids is 1. The first-order valence-electron chi connectivity index (χ1n) is 7.13. The maximum Gasteiger partial charge on any atom is 1.00 e. The first-order chi connectivity index (χ1) is 10.9. The molecule has 1 aromatic heterocycles. The fourth-order valence-electron chi connectivity index (χ4n) is 3.24. The second kappa shape index (κ2) is 6.97. The van der Waals surface area contributed by atoms with Crippen LogP contribution in [0.25, 0.3) is 5.57 Å². The van der Waals surface area contributed by atoms with Gasteiger partial charge in [0.25, 0.3) is 5.91 Å². The summed E-state index contributed by atoms with van der Waals surface area (Å²) in [4.78, 5) is 37.1. The van der Waals surface area contributed by atoms with Gasteiger partial charge in [-0.2, -0.15) is 0 Å². The van der Waals surface area contributed by atoms with Gasteiger partial charge < -0.3 is 25.2 Å². The molecule has 7 nitrogen and oxygen atoms in total. The van der Waals surface area contributed by atoms with Crippen molar-refractivity contribution in [3.63, 3.8) is 0 Å². The van der Waals surface area contributed by atoms with Gasteiger partial charge in [-0.1, -0.05) is 0 Å². The van der Waals surface area contributed by atoms with E-state index in [2.05, 4.69) is 5.32 Å². The molecule has 2 aliphatic heterocycles. The topological polar surface area (TPSA) is 110 Å². The van der Waals surface area contributed by atoms with Crippen molar-refractivity contribution < 1.29 is 54.2 Å². The Balaban J connectivity index is 0.00000208. The molecule has 0 aliphatic carbocycles. The fraction of sp³-hybridized carbons (Fsp3) is 0.400. The Morgan fingerprint density at radius 2 is 2.17 bits per heavy atom. The molecule has 2 amide bonds. The third-order valence-corrected chi connectivity index (χ3v) is 5.30. The van der Waals surface area contributed by atoms with Crippen LogP contribution in [0.15, 0.2) is 17.1 Å². The quantitative estimate of drug-likeness (QED) is 0.424. The van der Waals surface area contributed by atoms with Crippen LogP contribution in [-0.2, 0) is 9.59 Å². The number of rotatable bonds is 4. The number of hydrogen-bond acceptors (Lipinski definition) is 6. The monoisotopic (exact) mass is 358 g/mol. The van der Waals surface area contributed by atoms with Crippen LogP contribution in [-0.4, -0.2) is 47.0 Å². The van der Waals surface area contributed by atoms with E-state index in [0.717, 1.165) is 0 Å².